The number of rotatable bonds is 4. The summed E-state index contributed by atoms with van der Waals surface area (Å²) in [6, 6.07) is 5.88. The molecular formula is C23H32N4O3. The molecule has 2 atom stereocenters. The minimum atomic E-state index is -0.0126. The standard InChI is InChI=1S/C23H32N4O3/c1-16-20(11-25(3)24-16)13-26-9-5-6-18(12-26)23-15-27(17(2)28)14-19-10-21(29-4)7-8-22(19)30-23/h7-8,10-11,18,23H,5-6,9,12-15H2,1-4H3/t18-,23+/m0/s1. The van der Waals surface area contributed by atoms with E-state index in [-0.39, 0.29) is 12.0 Å². The third kappa shape index (κ3) is 4.46. The molecule has 0 unspecified atom stereocenters. The maximum Gasteiger partial charge on any atom is 0.219 e. The van der Waals surface area contributed by atoms with Gasteiger partial charge in [0, 0.05) is 56.8 Å². The van der Waals surface area contributed by atoms with Crippen molar-refractivity contribution in [2.75, 3.05) is 26.7 Å². The van der Waals surface area contributed by atoms with E-state index >= 15 is 0 Å². The molecule has 162 valence electrons. The number of likely N-dealkylation sites (tertiary alicyclic amines) is 1. The van der Waals surface area contributed by atoms with E-state index < -0.39 is 0 Å². The van der Waals surface area contributed by atoms with E-state index in [9.17, 15) is 4.79 Å². The van der Waals surface area contributed by atoms with Gasteiger partial charge in [0.2, 0.25) is 5.91 Å². The number of hydrogen-bond acceptors (Lipinski definition) is 5. The molecule has 1 aromatic carbocycles. The molecule has 1 saturated heterocycles. The van der Waals surface area contributed by atoms with Gasteiger partial charge in [0.25, 0.3) is 0 Å². The van der Waals surface area contributed by atoms with Crippen LogP contribution in [0.1, 0.15) is 36.6 Å². The lowest BCUT2D eigenvalue weighted by molar-refractivity contribution is -0.130. The molecule has 0 saturated carbocycles. The number of benzene rings is 1. The second-order valence-electron chi connectivity index (χ2n) is 8.58. The minimum Gasteiger partial charge on any atom is -0.497 e. The van der Waals surface area contributed by atoms with Crippen molar-refractivity contribution < 1.29 is 14.3 Å². The van der Waals surface area contributed by atoms with Crippen molar-refractivity contribution in [1.29, 1.82) is 0 Å². The highest BCUT2D eigenvalue weighted by Crippen LogP contribution is 2.33. The number of hydrogen-bond donors (Lipinski definition) is 0. The van der Waals surface area contributed by atoms with E-state index in [1.807, 2.05) is 34.8 Å². The number of amides is 1. The molecule has 30 heavy (non-hydrogen) atoms. The van der Waals surface area contributed by atoms with Crippen molar-refractivity contribution in [3.8, 4) is 11.5 Å². The van der Waals surface area contributed by atoms with Crippen LogP contribution in [0.2, 0.25) is 0 Å². The second kappa shape index (κ2) is 8.68. The van der Waals surface area contributed by atoms with Gasteiger partial charge < -0.3 is 14.4 Å². The molecule has 0 spiro atoms. The van der Waals surface area contributed by atoms with Gasteiger partial charge in [0.1, 0.15) is 17.6 Å². The van der Waals surface area contributed by atoms with E-state index in [1.165, 1.54) is 5.56 Å². The first kappa shape index (κ1) is 20.7. The van der Waals surface area contributed by atoms with Crippen LogP contribution in [0.5, 0.6) is 11.5 Å². The molecule has 2 aromatic rings. The van der Waals surface area contributed by atoms with Gasteiger partial charge in [-0.3, -0.25) is 14.4 Å². The first-order valence-electron chi connectivity index (χ1n) is 10.7. The Bertz CT molecular complexity index is 910. The Morgan fingerprint density at radius 1 is 1.33 bits per heavy atom. The summed E-state index contributed by atoms with van der Waals surface area (Å²) < 4.78 is 13.8. The average molecular weight is 413 g/mol. The molecule has 2 aliphatic heterocycles. The summed E-state index contributed by atoms with van der Waals surface area (Å²) >= 11 is 0. The molecular weight excluding hydrogens is 380 g/mol. The molecule has 0 aliphatic carbocycles. The van der Waals surface area contributed by atoms with Crippen LogP contribution in [0, 0.1) is 12.8 Å². The Balaban J connectivity index is 1.52. The number of carbonyl (C=O) groups excluding carboxylic acids is 1. The van der Waals surface area contributed by atoms with Crippen molar-refractivity contribution >= 4 is 5.91 Å². The van der Waals surface area contributed by atoms with E-state index in [2.05, 4.69) is 23.1 Å². The molecule has 0 N–H and O–H groups in total. The van der Waals surface area contributed by atoms with Gasteiger partial charge in [-0.05, 0) is 44.5 Å². The monoisotopic (exact) mass is 412 g/mol. The molecule has 1 fully saturated rings. The predicted molar refractivity (Wildman–Crippen MR) is 114 cm³/mol. The fraction of sp³-hybridized carbons (Fsp3) is 0.565. The summed E-state index contributed by atoms with van der Waals surface area (Å²) in [6.45, 7) is 7.85. The normalized spacial score (nSPS) is 22.2. The second-order valence-corrected chi connectivity index (χ2v) is 8.58. The predicted octanol–water partition coefficient (Wildman–Crippen LogP) is 2.76. The topological polar surface area (TPSA) is 59.8 Å². The molecule has 1 amide bonds. The number of methoxy groups -OCH3 is 1. The van der Waals surface area contributed by atoms with Gasteiger partial charge in [-0.25, -0.2) is 0 Å². The van der Waals surface area contributed by atoms with Crippen LogP contribution in [0.15, 0.2) is 24.4 Å². The van der Waals surface area contributed by atoms with Gasteiger partial charge in [-0.15, -0.1) is 0 Å². The molecule has 3 heterocycles. The largest absolute Gasteiger partial charge is 0.497 e. The summed E-state index contributed by atoms with van der Waals surface area (Å²) in [5.41, 5.74) is 3.38. The Morgan fingerprint density at radius 2 is 2.17 bits per heavy atom. The van der Waals surface area contributed by atoms with Crippen LogP contribution in [0.3, 0.4) is 0 Å². The number of piperidine rings is 1. The lowest BCUT2D eigenvalue weighted by Gasteiger charge is -2.37. The lowest BCUT2D eigenvalue weighted by Crippen LogP contribution is -2.46. The summed E-state index contributed by atoms with van der Waals surface area (Å²) in [4.78, 5) is 16.7. The zero-order chi connectivity index (χ0) is 21.3. The van der Waals surface area contributed by atoms with Crippen LogP contribution < -0.4 is 9.47 Å². The number of carbonyl (C=O) groups is 1. The maximum absolute atomic E-state index is 12.3. The Kier molecular flexibility index (Phi) is 5.99. The van der Waals surface area contributed by atoms with Crippen molar-refractivity contribution in [1.82, 2.24) is 19.6 Å². The van der Waals surface area contributed by atoms with E-state index in [1.54, 1.807) is 14.0 Å². The summed E-state index contributed by atoms with van der Waals surface area (Å²) in [5.74, 6) is 2.11. The van der Waals surface area contributed by atoms with Gasteiger partial charge in [0.05, 0.1) is 19.3 Å². The van der Waals surface area contributed by atoms with Gasteiger partial charge in [-0.1, -0.05) is 0 Å². The molecule has 0 radical (unpaired) electrons. The van der Waals surface area contributed by atoms with E-state index in [0.29, 0.717) is 19.0 Å². The zero-order valence-electron chi connectivity index (χ0n) is 18.4. The highest BCUT2D eigenvalue weighted by molar-refractivity contribution is 5.73. The number of nitrogens with zero attached hydrogens (tertiary/aromatic N) is 4. The van der Waals surface area contributed by atoms with Crippen molar-refractivity contribution in [2.24, 2.45) is 13.0 Å². The first-order valence-corrected chi connectivity index (χ1v) is 10.7. The highest BCUT2D eigenvalue weighted by atomic mass is 16.5. The summed E-state index contributed by atoms with van der Waals surface area (Å²) in [7, 11) is 3.63. The van der Waals surface area contributed by atoms with Crippen molar-refractivity contribution in [2.45, 2.75) is 45.9 Å². The van der Waals surface area contributed by atoms with Gasteiger partial charge >= 0.3 is 0 Å². The van der Waals surface area contributed by atoms with Crippen molar-refractivity contribution in [3.05, 3.63) is 41.2 Å². The lowest BCUT2D eigenvalue weighted by atomic mass is 9.91. The SMILES string of the molecule is COc1ccc2c(c1)CN(C(C)=O)C[C@H]([C@H]1CCCN(Cc3cn(C)nc3C)C1)O2. The number of ether oxygens (including phenoxy) is 2. The zero-order valence-corrected chi connectivity index (χ0v) is 18.4. The third-order valence-electron chi connectivity index (χ3n) is 6.33. The highest BCUT2D eigenvalue weighted by Gasteiger charge is 2.33. The molecule has 0 bridgehead atoms. The average Bonchev–Trinajstić information content (AvgIpc) is 2.93. The van der Waals surface area contributed by atoms with Crippen LogP contribution in [0.25, 0.3) is 0 Å². The third-order valence-corrected chi connectivity index (χ3v) is 6.33. The maximum atomic E-state index is 12.3. The van der Waals surface area contributed by atoms with Crippen LogP contribution in [-0.2, 0) is 24.9 Å². The molecule has 7 nitrogen and oxygen atoms in total. The minimum absolute atomic E-state index is 0.0126. The van der Waals surface area contributed by atoms with Crippen molar-refractivity contribution in [3.63, 3.8) is 0 Å². The van der Waals surface area contributed by atoms with Crippen LogP contribution >= 0.6 is 0 Å². The number of fused-ring (bicyclic) bond motifs is 1. The first-order chi connectivity index (χ1) is 14.4. The molecule has 7 heteroatoms. The quantitative estimate of drug-likeness (QED) is 0.773. The molecule has 4 rings (SSSR count). The molecule has 1 aromatic heterocycles. The van der Waals surface area contributed by atoms with Crippen LogP contribution in [-0.4, -0.2) is 58.3 Å². The Labute approximate surface area is 178 Å². The van der Waals surface area contributed by atoms with Gasteiger partial charge in [0.15, 0.2) is 0 Å². The Morgan fingerprint density at radius 3 is 2.87 bits per heavy atom. The molecule has 2 aliphatic rings. The van der Waals surface area contributed by atoms with Crippen LogP contribution in [0.4, 0.5) is 0 Å². The summed E-state index contributed by atoms with van der Waals surface area (Å²) in [6.07, 6.45) is 4.35. The van der Waals surface area contributed by atoms with E-state index in [4.69, 9.17) is 9.47 Å². The summed E-state index contributed by atoms with van der Waals surface area (Å²) in [5, 5.41) is 4.48. The number of aryl methyl sites for hydroxylation is 2. The Hall–Kier alpha value is -2.54. The fourth-order valence-electron chi connectivity index (χ4n) is 4.68. The van der Waals surface area contributed by atoms with E-state index in [0.717, 1.165) is 55.2 Å². The number of aromatic nitrogens is 2. The van der Waals surface area contributed by atoms with Gasteiger partial charge in [-0.2, -0.15) is 5.10 Å². The fourth-order valence-corrected chi connectivity index (χ4v) is 4.68. The smallest absolute Gasteiger partial charge is 0.219 e.